The van der Waals surface area contributed by atoms with Crippen LogP contribution in [0.15, 0.2) is 10.5 Å². The Bertz CT molecular complexity index is 452. The number of likely N-dealkylation sites (tertiary alicyclic amines) is 1. The van der Waals surface area contributed by atoms with Crippen molar-refractivity contribution in [2.75, 3.05) is 33.2 Å². The van der Waals surface area contributed by atoms with Crippen molar-refractivity contribution in [3.63, 3.8) is 0 Å². The van der Waals surface area contributed by atoms with Gasteiger partial charge in [-0.05, 0) is 46.0 Å². The first-order valence-corrected chi connectivity index (χ1v) is 7.11. The van der Waals surface area contributed by atoms with Crippen LogP contribution in [0, 0.1) is 6.92 Å². The van der Waals surface area contributed by atoms with Gasteiger partial charge in [0.15, 0.2) is 5.76 Å². The number of carbonyl (C=O) groups excluding carboxylic acids is 1. The standard InChI is InChI=1S/C14H24N4O2/c1-11-12(9-13(20-11)14(19)16-15)10-17(2)7-8-18-5-3-4-6-18/h9H,3-8,10,15H2,1-2H3,(H,16,19). The predicted octanol–water partition coefficient (Wildman–Crippen LogP) is 0.719. The van der Waals surface area contributed by atoms with Crippen LogP contribution in [0.2, 0.25) is 0 Å². The Morgan fingerprint density at radius 2 is 2.20 bits per heavy atom. The molecule has 1 aliphatic heterocycles. The van der Waals surface area contributed by atoms with E-state index in [0.717, 1.165) is 31.0 Å². The fourth-order valence-corrected chi connectivity index (χ4v) is 2.55. The predicted molar refractivity (Wildman–Crippen MR) is 77.1 cm³/mol. The second kappa shape index (κ2) is 6.88. The largest absolute Gasteiger partial charge is 0.456 e. The number of nitrogen functional groups attached to an aromatic ring is 1. The first-order chi connectivity index (χ1) is 9.60. The lowest BCUT2D eigenvalue weighted by molar-refractivity contribution is 0.0924. The van der Waals surface area contributed by atoms with Gasteiger partial charge in [0, 0.05) is 25.2 Å². The maximum absolute atomic E-state index is 11.4. The molecule has 2 heterocycles. The molecule has 0 unspecified atom stereocenters. The zero-order valence-corrected chi connectivity index (χ0v) is 12.3. The van der Waals surface area contributed by atoms with Crippen LogP contribution < -0.4 is 11.3 Å². The average Bonchev–Trinajstić information content (AvgIpc) is 3.06. The smallest absolute Gasteiger partial charge is 0.300 e. The van der Waals surface area contributed by atoms with Gasteiger partial charge in [-0.1, -0.05) is 0 Å². The van der Waals surface area contributed by atoms with Crippen molar-refractivity contribution < 1.29 is 9.21 Å². The lowest BCUT2D eigenvalue weighted by Crippen LogP contribution is -2.31. The molecule has 3 N–H and O–H groups in total. The maximum Gasteiger partial charge on any atom is 0.300 e. The van der Waals surface area contributed by atoms with Crippen LogP contribution in [0.5, 0.6) is 0 Å². The molecule has 6 nitrogen and oxygen atoms in total. The fraction of sp³-hybridized carbons (Fsp3) is 0.643. The molecule has 0 saturated carbocycles. The maximum atomic E-state index is 11.4. The van der Waals surface area contributed by atoms with E-state index in [0.29, 0.717) is 0 Å². The molecule has 0 atom stereocenters. The molecule has 0 bridgehead atoms. The van der Waals surface area contributed by atoms with Crippen LogP contribution in [0.25, 0.3) is 0 Å². The molecule has 1 aromatic rings. The number of nitrogens with two attached hydrogens (primary N) is 1. The third kappa shape index (κ3) is 3.82. The summed E-state index contributed by atoms with van der Waals surface area (Å²) >= 11 is 0. The van der Waals surface area contributed by atoms with Crippen molar-refractivity contribution in [1.29, 1.82) is 0 Å². The fourth-order valence-electron chi connectivity index (χ4n) is 2.55. The van der Waals surface area contributed by atoms with Crippen LogP contribution in [-0.2, 0) is 6.54 Å². The van der Waals surface area contributed by atoms with E-state index in [4.69, 9.17) is 10.3 Å². The zero-order chi connectivity index (χ0) is 14.5. The molecule has 0 radical (unpaired) electrons. The second-order valence-electron chi connectivity index (χ2n) is 5.45. The minimum Gasteiger partial charge on any atom is -0.456 e. The summed E-state index contributed by atoms with van der Waals surface area (Å²) in [5.74, 6) is 5.76. The summed E-state index contributed by atoms with van der Waals surface area (Å²) in [6.07, 6.45) is 2.64. The summed E-state index contributed by atoms with van der Waals surface area (Å²) in [7, 11) is 2.09. The number of furan rings is 1. The SMILES string of the molecule is Cc1oc(C(=O)NN)cc1CN(C)CCN1CCCC1. The Kier molecular flexibility index (Phi) is 5.17. The molecule has 2 rings (SSSR count). The number of nitrogens with zero attached hydrogens (tertiary/aromatic N) is 2. The van der Waals surface area contributed by atoms with Gasteiger partial charge in [0.05, 0.1) is 0 Å². The lowest BCUT2D eigenvalue weighted by Gasteiger charge is -2.20. The van der Waals surface area contributed by atoms with Gasteiger partial charge in [0.25, 0.3) is 0 Å². The first-order valence-electron chi connectivity index (χ1n) is 7.11. The van der Waals surface area contributed by atoms with Gasteiger partial charge < -0.3 is 14.2 Å². The summed E-state index contributed by atoms with van der Waals surface area (Å²) in [5, 5.41) is 0. The van der Waals surface area contributed by atoms with Gasteiger partial charge in [-0.2, -0.15) is 0 Å². The summed E-state index contributed by atoms with van der Waals surface area (Å²) < 4.78 is 5.42. The van der Waals surface area contributed by atoms with Crippen molar-refractivity contribution in [1.82, 2.24) is 15.2 Å². The Balaban J connectivity index is 1.85. The van der Waals surface area contributed by atoms with Gasteiger partial charge in [0.1, 0.15) is 5.76 Å². The normalized spacial score (nSPS) is 16.0. The summed E-state index contributed by atoms with van der Waals surface area (Å²) in [5.41, 5.74) is 3.12. The number of hydrogen-bond acceptors (Lipinski definition) is 5. The Hall–Kier alpha value is -1.37. The Labute approximate surface area is 119 Å². The van der Waals surface area contributed by atoms with E-state index in [9.17, 15) is 4.79 Å². The number of amides is 1. The number of nitrogens with one attached hydrogen (secondary N) is 1. The molecule has 0 spiro atoms. The molecular weight excluding hydrogens is 256 g/mol. The van der Waals surface area contributed by atoms with E-state index in [1.54, 1.807) is 6.07 Å². The van der Waals surface area contributed by atoms with Crippen LogP contribution in [-0.4, -0.2) is 48.9 Å². The molecule has 1 aromatic heterocycles. The quantitative estimate of drug-likeness (QED) is 0.456. The second-order valence-corrected chi connectivity index (χ2v) is 5.45. The molecule has 1 saturated heterocycles. The van der Waals surface area contributed by atoms with Crippen molar-refractivity contribution >= 4 is 5.91 Å². The molecule has 0 aromatic carbocycles. The minimum atomic E-state index is -0.390. The van der Waals surface area contributed by atoms with E-state index in [-0.39, 0.29) is 11.7 Å². The summed E-state index contributed by atoms with van der Waals surface area (Å²) in [6.45, 7) is 7.21. The third-order valence-corrected chi connectivity index (χ3v) is 3.81. The Morgan fingerprint density at radius 1 is 1.50 bits per heavy atom. The molecule has 6 heteroatoms. The van der Waals surface area contributed by atoms with Gasteiger partial charge in [0.2, 0.25) is 0 Å². The molecule has 1 amide bonds. The molecule has 1 fully saturated rings. The Morgan fingerprint density at radius 3 is 2.85 bits per heavy atom. The summed E-state index contributed by atoms with van der Waals surface area (Å²) in [6, 6.07) is 1.77. The van der Waals surface area contributed by atoms with Crippen molar-refractivity contribution in [2.24, 2.45) is 5.84 Å². The highest BCUT2D eigenvalue weighted by Gasteiger charge is 2.16. The van der Waals surface area contributed by atoms with Gasteiger partial charge >= 0.3 is 5.91 Å². The number of aryl methyl sites for hydroxylation is 1. The van der Waals surface area contributed by atoms with Crippen LogP contribution in [0.3, 0.4) is 0 Å². The average molecular weight is 280 g/mol. The highest BCUT2D eigenvalue weighted by Crippen LogP contribution is 2.16. The zero-order valence-electron chi connectivity index (χ0n) is 12.3. The molecule has 0 aliphatic carbocycles. The highest BCUT2D eigenvalue weighted by molar-refractivity contribution is 5.91. The number of rotatable bonds is 6. The third-order valence-electron chi connectivity index (χ3n) is 3.81. The minimum absolute atomic E-state index is 0.271. The molecular formula is C14H24N4O2. The van der Waals surface area contributed by atoms with Crippen LogP contribution in [0.1, 0.15) is 34.7 Å². The lowest BCUT2D eigenvalue weighted by atomic mass is 10.2. The van der Waals surface area contributed by atoms with E-state index in [2.05, 4.69) is 22.3 Å². The number of carbonyl (C=O) groups is 1. The number of hydrazine groups is 1. The summed E-state index contributed by atoms with van der Waals surface area (Å²) in [4.78, 5) is 16.2. The number of hydrogen-bond donors (Lipinski definition) is 2. The molecule has 1 aliphatic rings. The highest BCUT2D eigenvalue weighted by atomic mass is 16.4. The van der Waals surface area contributed by atoms with Gasteiger partial charge in [-0.15, -0.1) is 0 Å². The molecule has 112 valence electrons. The van der Waals surface area contributed by atoms with E-state index in [1.165, 1.54) is 25.9 Å². The van der Waals surface area contributed by atoms with Crippen molar-refractivity contribution in [3.05, 3.63) is 23.2 Å². The van der Waals surface area contributed by atoms with Crippen molar-refractivity contribution in [3.8, 4) is 0 Å². The van der Waals surface area contributed by atoms with E-state index >= 15 is 0 Å². The van der Waals surface area contributed by atoms with Crippen molar-refractivity contribution in [2.45, 2.75) is 26.3 Å². The van der Waals surface area contributed by atoms with Crippen LogP contribution in [0.4, 0.5) is 0 Å². The van der Waals surface area contributed by atoms with E-state index < -0.39 is 0 Å². The van der Waals surface area contributed by atoms with Gasteiger partial charge in [-0.3, -0.25) is 10.2 Å². The number of likely N-dealkylation sites (N-methyl/N-ethyl adjacent to an activating group) is 1. The monoisotopic (exact) mass is 280 g/mol. The van der Waals surface area contributed by atoms with E-state index in [1.807, 2.05) is 6.92 Å². The van der Waals surface area contributed by atoms with Crippen LogP contribution >= 0.6 is 0 Å². The molecule has 20 heavy (non-hydrogen) atoms. The first kappa shape index (κ1) is 15.0. The topological polar surface area (TPSA) is 74.7 Å². The van der Waals surface area contributed by atoms with Gasteiger partial charge in [-0.25, -0.2) is 5.84 Å².